The van der Waals surface area contributed by atoms with Crippen LogP contribution in [0.4, 0.5) is 10.1 Å². The van der Waals surface area contributed by atoms with Gasteiger partial charge in [-0.25, -0.2) is 4.39 Å². The van der Waals surface area contributed by atoms with Crippen molar-refractivity contribution in [3.05, 3.63) is 59.2 Å². The molecule has 1 heterocycles. The van der Waals surface area contributed by atoms with E-state index in [-0.39, 0.29) is 11.7 Å². The molecule has 22 heavy (non-hydrogen) atoms. The first-order valence-corrected chi connectivity index (χ1v) is 7.38. The van der Waals surface area contributed by atoms with Gasteiger partial charge in [0, 0.05) is 30.2 Å². The summed E-state index contributed by atoms with van der Waals surface area (Å²) in [6.07, 6.45) is 3.30. The standard InChI is InChI=1S/C18H21FN2O/c1-12(2)11-21(17-6-5-15(19)9-13(17)3)18(22)16-7-8-20-10-14(16)4/h5-10,12H,11H2,1-4H3. The number of amides is 1. The van der Waals surface area contributed by atoms with Crippen molar-refractivity contribution in [2.75, 3.05) is 11.4 Å². The number of aromatic nitrogens is 1. The largest absolute Gasteiger partial charge is 0.308 e. The van der Waals surface area contributed by atoms with Crippen molar-refractivity contribution in [3.63, 3.8) is 0 Å². The Morgan fingerprint density at radius 3 is 2.55 bits per heavy atom. The zero-order valence-corrected chi connectivity index (χ0v) is 13.4. The summed E-state index contributed by atoms with van der Waals surface area (Å²) < 4.78 is 13.3. The Kier molecular flexibility index (Phi) is 4.91. The molecule has 1 aromatic carbocycles. The first kappa shape index (κ1) is 16.1. The molecule has 0 saturated heterocycles. The third-order valence-electron chi connectivity index (χ3n) is 3.49. The number of halogens is 1. The van der Waals surface area contributed by atoms with Crippen LogP contribution in [-0.2, 0) is 0 Å². The maximum absolute atomic E-state index is 13.3. The van der Waals surface area contributed by atoms with Gasteiger partial charge in [0.1, 0.15) is 5.82 Å². The van der Waals surface area contributed by atoms with Crippen LogP contribution in [0.3, 0.4) is 0 Å². The molecular weight excluding hydrogens is 279 g/mol. The van der Waals surface area contributed by atoms with E-state index in [1.54, 1.807) is 29.4 Å². The highest BCUT2D eigenvalue weighted by Gasteiger charge is 2.21. The molecule has 2 rings (SSSR count). The van der Waals surface area contributed by atoms with Gasteiger partial charge in [-0.2, -0.15) is 0 Å². The summed E-state index contributed by atoms with van der Waals surface area (Å²) in [5.41, 5.74) is 2.96. The van der Waals surface area contributed by atoms with Crippen LogP contribution in [0.2, 0.25) is 0 Å². The van der Waals surface area contributed by atoms with Crippen LogP contribution in [0.5, 0.6) is 0 Å². The third-order valence-corrected chi connectivity index (χ3v) is 3.49. The van der Waals surface area contributed by atoms with Gasteiger partial charge in [-0.1, -0.05) is 13.8 Å². The highest BCUT2D eigenvalue weighted by Crippen LogP contribution is 2.24. The van der Waals surface area contributed by atoms with E-state index in [9.17, 15) is 9.18 Å². The van der Waals surface area contributed by atoms with E-state index in [0.717, 1.165) is 16.8 Å². The minimum absolute atomic E-state index is 0.0803. The maximum Gasteiger partial charge on any atom is 0.258 e. The predicted octanol–water partition coefficient (Wildman–Crippen LogP) is 4.14. The summed E-state index contributed by atoms with van der Waals surface area (Å²) >= 11 is 0. The number of hydrogen-bond acceptors (Lipinski definition) is 2. The second-order valence-corrected chi connectivity index (χ2v) is 5.93. The molecule has 0 N–H and O–H groups in total. The van der Waals surface area contributed by atoms with Crippen molar-refractivity contribution >= 4 is 11.6 Å². The van der Waals surface area contributed by atoms with Gasteiger partial charge in [-0.3, -0.25) is 9.78 Å². The number of carbonyl (C=O) groups excluding carboxylic acids is 1. The highest BCUT2D eigenvalue weighted by molar-refractivity contribution is 6.07. The highest BCUT2D eigenvalue weighted by atomic mass is 19.1. The molecule has 0 bridgehead atoms. The third kappa shape index (κ3) is 3.50. The van der Waals surface area contributed by atoms with Crippen LogP contribution < -0.4 is 4.90 Å². The molecule has 0 unspecified atom stereocenters. The summed E-state index contributed by atoms with van der Waals surface area (Å²) in [5, 5.41) is 0. The van der Waals surface area contributed by atoms with Gasteiger partial charge >= 0.3 is 0 Å². The van der Waals surface area contributed by atoms with Crippen molar-refractivity contribution in [1.82, 2.24) is 4.98 Å². The molecule has 1 aromatic heterocycles. The van der Waals surface area contributed by atoms with Crippen molar-refractivity contribution in [3.8, 4) is 0 Å². The summed E-state index contributed by atoms with van der Waals surface area (Å²) in [7, 11) is 0. The van der Waals surface area contributed by atoms with Crippen LogP contribution in [0.25, 0.3) is 0 Å². The van der Waals surface area contributed by atoms with E-state index in [1.165, 1.54) is 12.1 Å². The summed E-state index contributed by atoms with van der Waals surface area (Å²) in [6, 6.07) is 6.24. The van der Waals surface area contributed by atoms with Crippen molar-refractivity contribution in [2.24, 2.45) is 5.92 Å². The average Bonchev–Trinajstić information content (AvgIpc) is 2.45. The van der Waals surface area contributed by atoms with E-state index in [0.29, 0.717) is 18.0 Å². The zero-order valence-electron chi connectivity index (χ0n) is 13.4. The van der Waals surface area contributed by atoms with Gasteiger partial charge in [0.15, 0.2) is 0 Å². The molecule has 0 fully saturated rings. The smallest absolute Gasteiger partial charge is 0.258 e. The van der Waals surface area contributed by atoms with Gasteiger partial charge in [0.25, 0.3) is 5.91 Å². The Bertz CT molecular complexity index is 683. The second-order valence-electron chi connectivity index (χ2n) is 5.93. The minimum atomic E-state index is -0.293. The first-order chi connectivity index (χ1) is 10.4. The lowest BCUT2D eigenvalue weighted by Gasteiger charge is -2.27. The molecule has 0 saturated carbocycles. The molecule has 4 heteroatoms. The molecule has 3 nitrogen and oxygen atoms in total. The van der Waals surface area contributed by atoms with Crippen LogP contribution in [0.15, 0.2) is 36.7 Å². The molecule has 116 valence electrons. The Morgan fingerprint density at radius 2 is 1.95 bits per heavy atom. The van der Waals surface area contributed by atoms with E-state index >= 15 is 0 Å². The van der Waals surface area contributed by atoms with E-state index < -0.39 is 0 Å². The Hall–Kier alpha value is -2.23. The number of aryl methyl sites for hydroxylation is 2. The fourth-order valence-electron chi connectivity index (χ4n) is 2.44. The van der Waals surface area contributed by atoms with Gasteiger partial charge in [-0.15, -0.1) is 0 Å². The fourth-order valence-corrected chi connectivity index (χ4v) is 2.44. The predicted molar refractivity (Wildman–Crippen MR) is 86.6 cm³/mol. The SMILES string of the molecule is Cc1cnccc1C(=O)N(CC(C)C)c1ccc(F)cc1C. The number of rotatable bonds is 4. The zero-order chi connectivity index (χ0) is 16.3. The molecule has 0 aliphatic rings. The number of carbonyl (C=O) groups is 1. The monoisotopic (exact) mass is 300 g/mol. The number of pyridine rings is 1. The Labute approximate surface area is 130 Å². The number of anilines is 1. The Morgan fingerprint density at radius 1 is 1.23 bits per heavy atom. The molecular formula is C18H21FN2O. The number of nitrogens with zero attached hydrogens (tertiary/aromatic N) is 2. The van der Waals surface area contributed by atoms with E-state index in [1.807, 2.05) is 13.8 Å². The van der Waals surface area contributed by atoms with E-state index in [4.69, 9.17) is 0 Å². The lowest BCUT2D eigenvalue weighted by molar-refractivity contribution is 0.0983. The first-order valence-electron chi connectivity index (χ1n) is 7.38. The summed E-state index contributed by atoms with van der Waals surface area (Å²) in [6.45, 7) is 8.37. The van der Waals surface area contributed by atoms with E-state index in [2.05, 4.69) is 18.8 Å². The molecule has 0 spiro atoms. The topological polar surface area (TPSA) is 33.2 Å². The maximum atomic E-state index is 13.3. The quantitative estimate of drug-likeness (QED) is 0.850. The van der Waals surface area contributed by atoms with Crippen LogP contribution in [0.1, 0.15) is 35.3 Å². The van der Waals surface area contributed by atoms with Crippen molar-refractivity contribution in [2.45, 2.75) is 27.7 Å². The van der Waals surface area contributed by atoms with Gasteiger partial charge < -0.3 is 4.90 Å². The van der Waals surface area contributed by atoms with Crippen LogP contribution in [-0.4, -0.2) is 17.4 Å². The Balaban J connectivity index is 2.46. The number of hydrogen-bond donors (Lipinski definition) is 0. The summed E-state index contributed by atoms with van der Waals surface area (Å²) in [5.74, 6) is -0.0721. The van der Waals surface area contributed by atoms with Crippen molar-refractivity contribution < 1.29 is 9.18 Å². The average molecular weight is 300 g/mol. The van der Waals surface area contributed by atoms with Gasteiger partial charge in [0.05, 0.1) is 0 Å². The molecule has 1 amide bonds. The molecule has 0 radical (unpaired) electrons. The lowest BCUT2D eigenvalue weighted by atomic mass is 10.1. The minimum Gasteiger partial charge on any atom is -0.308 e. The van der Waals surface area contributed by atoms with Gasteiger partial charge in [-0.05, 0) is 55.2 Å². The second kappa shape index (κ2) is 6.69. The number of benzene rings is 1. The fraction of sp³-hybridized carbons (Fsp3) is 0.333. The molecule has 0 aliphatic carbocycles. The normalized spacial score (nSPS) is 10.8. The molecule has 2 aromatic rings. The molecule has 0 aliphatic heterocycles. The molecule has 0 atom stereocenters. The lowest BCUT2D eigenvalue weighted by Crippen LogP contribution is -2.35. The van der Waals surface area contributed by atoms with Crippen molar-refractivity contribution in [1.29, 1.82) is 0 Å². The van der Waals surface area contributed by atoms with Crippen LogP contribution in [0, 0.1) is 25.6 Å². The van der Waals surface area contributed by atoms with Gasteiger partial charge in [0.2, 0.25) is 0 Å². The summed E-state index contributed by atoms with van der Waals surface area (Å²) in [4.78, 5) is 18.7. The van der Waals surface area contributed by atoms with Crippen LogP contribution >= 0.6 is 0 Å².